The second-order valence-electron chi connectivity index (χ2n) is 10.2. The fraction of sp³-hybridized carbons (Fsp3) is 0.643. The summed E-state index contributed by atoms with van der Waals surface area (Å²) in [5.41, 5.74) is 1.11. The molecule has 2 nitrogen and oxygen atoms in total. The Morgan fingerprint density at radius 1 is 0.938 bits per heavy atom. The van der Waals surface area contributed by atoms with Gasteiger partial charge in [-0.25, -0.2) is 4.39 Å². The molecular weight excluding hydrogens is 406 g/mol. The number of phenolic OH excluding ortho intramolecular Hbond substituents is 1. The van der Waals surface area contributed by atoms with E-state index in [4.69, 9.17) is 4.74 Å². The van der Waals surface area contributed by atoms with Gasteiger partial charge in [-0.1, -0.05) is 18.2 Å². The van der Waals surface area contributed by atoms with Crippen LogP contribution in [0.3, 0.4) is 0 Å². The third kappa shape index (κ3) is 5.62. The molecule has 0 aromatic heterocycles. The van der Waals surface area contributed by atoms with Gasteiger partial charge in [-0.05, 0) is 119 Å². The lowest BCUT2D eigenvalue weighted by molar-refractivity contribution is -0.0100. The van der Waals surface area contributed by atoms with Crippen LogP contribution in [0.5, 0.6) is 5.75 Å². The molecule has 0 spiro atoms. The molecule has 0 saturated heterocycles. The molecular formula is C28H38F2O2. The Morgan fingerprint density at radius 3 is 2.25 bits per heavy atom. The van der Waals surface area contributed by atoms with Crippen LogP contribution in [0.4, 0.5) is 8.78 Å². The number of ether oxygens (including phenoxy) is 1. The van der Waals surface area contributed by atoms with Crippen LogP contribution in [0.15, 0.2) is 30.4 Å². The highest BCUT2D eigenvalue weighted by Crippen LogP contribution is 2.41. The van der Waals surface area contributed by atoms with Crippen molar-refractivity contribution in [3.05, 3.63) is 47.6 Å². The summed E-state index contributed by atoms with van der Waals surface area (Å²) in [6, 6.07) is 2.70. The van der Waals surface area contributed by atoms with Crippen molar-refractivity contribution in [1.29, 1.82) is 0 Å². The Hall–Kier alpha value is -1.68. The first-order chi connectivity index (χ1) is 15.5. The van der Waals surface area contributed by atoms with Crippen LogP contribution in [-0.4, -0.2) is 17.8 Å². The largest absolute Gasteiger partial charge is 0.505 e. The fourth-order valence-electron chi connectivity index (χ4n) is 6.15. The highest BCUT2D eigenvalue weighted by Gasteiger charge is 2.31. The van der Waals surface area contributed by atoms with Gasteiger partial charge in [0.15, 0.2) is 11.6 Å². The van der Waals surface area contributed by atoms with Gasteiger partial charge in [0, 0.05) is 5.56 Å². The molecule has 2 fully saturated rings. The summed E-state index contributed by atoms with van der Waals surface area (Å²) in [6.45, 7) is 2.90. The Bertz CT molecular complexity index is 815. The van der Waals surface area contributed by atoms with Crippen LogP contribution in [0.2, 0.25) is 0 Å². The summed E-state index contributed by atoms with van der Waals surface area (Å²) < 4.78 is 34.1. The topological polar surface area (TPSA) is 29.5 Å². The third-order valence-corrected chi connectivity index (χ3v) is 8.16. The summed E-state index contributed by atoms with van der Waals surface area (Å²) in [7, 11) is 0. The van der Waals surface area contributed by atoms with Crippen molar-refractivity contribution in [1.82, 2.24) is 0 Å². The van der Waals surface area contributed by atoms with Gasteiger partial charge in [0.1, 0.15) is 0 Å². The molecule has 0 radical (unpaired) electrons. The van der Waals surface area contributed by atoms with Crippen LogP contribution in [0.1, 0.15) is 83.1 Å². The molecule has 0 aliphatic heterocycles. The number of hydrogen-bond donors (Lipinski definition) is 1. The minimum Gasteiger partial charge on any atom is -0.505 e. The number of hydrogen-bond acceptors (Lipinski definition) is 2. The van der Waals surface area contributed by atoms with Crippen LogP contribution in [-0.2, 0) is 4.74 Å². The minimum absolute atomic E-state index is 0.276. The van der Waals surface area contributed by atoms with Gasteiger partial charge in [-0.2, -0.15) is 4.39 Å². The van der Waals surface area contributed by atoms with E-state index in [9.17, 15) is 13.9 Å². The Kier molecular flexibility index (Phi) is 8.04. The second-order valence-corrected chi connectivity index (χ2v) is 10.2. The predicted octanol–water partition coefficient (Wildman–Crippen LogP) is 7.81. The van der Waals surface area contributed by atoms with Crippen molar-refractivity contribution >= 4 is 5.57 Å². The van der Waals surface area contributed by atoms with Gasteiger partial charge in [-0.15, -0.1) is 0 Å². The maximum Gasteiger partial charge on any atom is 0.200 e. The SMILES string of the molecule is C/C=C/C1CCC(C2CCC(OCC3CC=C(c4ccc(O)c(F)c4F)CC3)CC2)CC1. The van der Waals surface area contributed by atoms with Gasteiger partial charge in [0.2, 0.25) is 5.82 Å². The lowest BCUT2D eigenvalue weighted by Gasteiger charge is -2.37. The highest BCUT2D eigenvalue weighted by atomic mass is 19.2. The Morgan fingerprint density at radius 2 is 1.62 bits per heavy atom. The summed E-state index contributed by atoms with van der Waals surface area (Å²) in [5.74, 6) is 0.332. The first kappa shape index (κ1) is 23.5. The number of aromatic hydroxyl groups is 1. The molecule has 1 aromatic rings. The maximum atomic E-state index is 14.2. The maximum absolute atomic E-state index is 14.2. The zero-order chi connectivity index (χ0) is 22.5. The van der Waals surface area contributed by atoms with Crippen LogP contribution >= 0.6 is 0 Å². The Labute approximate surface area is 191 Å². The van der Waals surface area contributed by atoms with E-state index >= 15 is 0 Å². The molecule has 2 saturated carbocycles. The van der Waals surface area contributed by atoms with Gasteiger partial charge in [-0.3, -0.25) is 0 Å². The first-order valence-electron chi connectivity index (χ1n) is 12.7. The highest BCUT2D eigenvalue weighted by molar-refractivity contribution is 5.67. The average molecular weight is 445 g/mol. The molecule has 0 amide bonds. The van der Waals surface area contributed by atoms with Gasteiger partial charge in [0.25, 0.3) is 0 Å². The molecule has 176 valence electrons. The number of allylic oxidation sites excluding steroid dienone is 4. The predicted molar refractivity (Wildman–Crippen MR) is 125 cm³/mol. The van der Waals surface area contributed by atoms with Crippen molar-refractivity contribution in [3.8, 4) is 5.75 Å². The number of rotatable bonds is 6. The normalized spacial score (nSPS) is 31.6. The van der Waals surface area contributed by atoms with Crippen molar-refractivity contribution in [2.45, 2.75) is 83.7 Å². The van der Waals surface area contributed by atoms with Crippen molar-refractivity contribution < 1.29 is 18.6 Å². The van der Waals surface area contributed by atoms with E-state index < -0.39 is 17.4 Å². The van der Waals surface area contributed by atoms with Crippen molar-refractivity contribution in [2.24, 2.45) is 23.7 Å². The molecule has 3 aliphatic carbocycles. The molecule has 0 bridgehead atoms. The summed E-state index contributed by atoms with van der Waals surface area (Å²) in [6.07, 6.45) is 20.0. The van der Waals surface area contributed by atoms with E-state index in [0.717, 1.165) is 49.2 Å². The minimum atomic E-state index is -1.16. The molecule has 3 aliphatic rings. The van der Waals surface area contributed by atoms with E-state index in [-0.39, 0.29) is 5.56 Å². The average Bonchev–Trinajstić information content (AvgIpc) is 2.83. The van der Waals surface area contributed by atoms with E-state index in [1.54, 1.807) is 0 Å². The lowest BCUT2D eigenvalue weighted by atomic mass is 9.70. The summed E-state index contributed by atoms with van der Waals surface area (Å²) in [5, 5.41) is 9.33. The smallest absolute Gasteiger partial charge is 0.200 e. The quantitative estimate of drug-likeness (QED) is 0.453. The monoisotopic (exact) mass is 444 g/mol. The first-order valence-corrected chi connectivity index (χ1v) is 12.7. The second kappa shape index (κ2) is 11.0. The summed E-state index contributed by atoms with van der Waals surface area (Å²) in [4.78, 5) is 0. The molecule has 1 unspecified atom stereocenters. The number of halogens is 2. The van der Waals surface area contributed by atoms with Gasteiger partial charge < -0.3 is 9.84 Å². The standard InChI is InChI=1S/C28H38F2O2/c1-2-3-19-4-8-21(9-5-19)22-12-14-24(15-13-22)32-18-20-6-10-23(11-7-20)25-16-17-26(31)28(30)27(25)29/h2-3,10,16-17,19-22,24,31H,4-9,11-15,18H2,1H3/b3-2+. The van der Waals surface area contributed by atoms with Crippen LogP contribution in [0.25, 0.3) is 5.57 Å². The molecule has 1 aromatic carbocycles. The molecule has 0 heterocycles. The number of benzene rings is 1. The van der Waals surface area contributed by atoms with Crippen LogP contribution < -0.4 is 0 Å². The van der Waals surface area contributed by atoms with Gasteiger partial charge in [0.05, 0.1) is 12.7 Å². The van der Waals surface area contributed by atoms with Crippen LogP contribution in [0, 0.1) is 35.3 Å². The van der Waals surface area contributed by atoms with Crippen molar-refractivity contribution in [3.63, 3.8) is 0 Å². The zero-order valence-electron chi connectivity index (χ0n) is 19.4. The fourth-order valence-corrected chi connectivity index (χ4v) is 6.15. The molecule has 4 rings (SSSR count). The zero-order valence-corrected chi connectivity index (χ0v) is 19.4. The molecule has 4 heteroatoms. The summed E-state index contributed by atoms with van der Waals surface area (Å²) >= 11 is 0. The molecule has 32 heavy (non-hydrogen) atoms. The third-order valence-electron chi connectivity index (χ3n) is 8.16. The lowest BCUT2D eigenvalue weighted by Crippen LogP contribution is -2.29. The molecule has 1 atom stereocenters. The Balaban J connectivity index is 1.18. The number of phenols is 1. The van der Waals surface area contributed by atoms with Crippen molar-refractivity contribution in [2.75, 3.05) is 6.61 Å². The van der Waals surface area contributed by atoms with E-state index in [2.05, 4.69) is 19.1 Å². The van der Waals surface area contributed by atoms with E-state index in [1.165, 1.54) is 63.5 Å². The van der Waals surface area contributed by atoms with Gasteiger partial charge >= 0.3 is 0 Å². The molecule has 1 N–H and O–H groups in total. The van der Waals surface area contributed by atoms with E-state index in [1.807, 2.05) is 6.08 Å². The van der Waals surface area contributed by atoms with E-state index in [0.29, 0.717) is 12.0 Å².